The molecular formula is C11H22N2O. The molecule has 0 aliphatic heterocycles. The van der Waals surface area contributed by atoms with Crippen LogP contribution in [0.1, 0.15) is 40.0 Å². The van der Waals surface area contributed by atoms with Crippen molar-refractivity contribution in [1.29, 1.82) is 0 Å². The van der Waals surface area contributed by atoms with Crippen LogP contribution in [0, 0.1) is 10.8 Å². The number of amides is 1. The summed E-state index contributed by atoms with van der Waals surface area (Å²) in [6.07, 6.45) is 4.01. The molecule has 2 unspecified atom stereocenters. The summed E-state index contributed by atoms with van der Waals surface area (Å²) in [6.45, 7) is 7.47. The van der Waals surface area contributed by atoms with Gasteiger partial charge < -0.3 is 11.1 Å². The summed E-state index contributed by atoms with van der Waals surface area (Å²) in [5.41, 5.74) is 6.51. The molecule has 0 bridgehead atoms. The van der Waals surface area contributed by atoms with Gasteiger partial charge in [-0.05, 0) is 30.1 Å². The first-order valence-corrected chi connectivity index (χ1v) is 5.30. The molecule has 82 valence electrons. The van der Waals surface area contributed by atoms with Gasteiger partial charge in [0, 0.05) is 12.6 Å². The zero-order chi connectivity index (χ0) is 10.8. The molecule has 0 spiro atoms. The minimum atomic E-state index is 0.169. The normalized spacial score (nSPS) is 36.4. The monoisotopic (exact) mass is 198 g/mol. The summed E-state index contributed by atoms with van der Waals surface area (Å²) >= 11 is 0. The van der Waals surface area contributed by atoms with Crippen LogP contribution >= 0.6 is 0 Å². The Bertz CT molecular complexity index is 215. The average Bonchev–Trinajstić information content (AvgIpc) is 1.96. The number of rotatable bonds is 3. The van der Waals surface area contributed by atoms with Gasteiger partial charge in [-0.1, -0.05) is 20.8 Å². The van der Waals surface area contributed by atoms with Crippen molar-refractivity contribution in [2.75, 3.05) is 6.54 Å². The molecule has 1 aliphatic rings. The molecule has 0 heterocycles. The molecule has 14 heavy (non-hydrogen) atoms. The predicted molar refractivity (Wildman–Crippen MR) is 57.8 cm³/mol. The summed E-state index contributed by atoms with van der Waals surface area (Å²) in [5, 5.41) is 2.78. The smallest absolute Gasteiger partial charge is 0.207 e. The van der Waals surface area contributed by atoms with E-state index in [1.54, 1.807) is 0 Å². The SMILES string of the molecule is CC1(C)CC(N)CC(C)(CNC=O)C1. The Morgan fingerprint density at radius 1 is 1.43 bits per heavy atom. The van der Waals surface area contributed by atoms with Gasteiger partial charge in [-0.15, -0.1) is 0 Å². The standard InChI is InChI=1S/C11H22N2O/c1-10(2)4-9(12)5-11(3,6-10)7-13-8-14/h8-9H,4-7,12H2,1-3H3,(H,13,14). The number of nitrogens with two attached hydrogens (primary N) is 1. The molecule has 0 aromatic heterocycles. The fourth-order valence-electron chi connectivity index (χ4n) is 3.14. The van der Waals surface area contributed by atoms with Crippen molar-refractivity contribution in [3.05, 3.63) is 0 Å². The lowest BCUT2D eigenvalue weighted by atomic mass is 9.63. The van der Waals surface area contributed by atoms with E-state index in [1.807, 2.05) is 0 Å². The maximum atomic E-state index is 10.3. The molecule has 3 heteroatoms. The molecule has 1 rings (SSSR count). The van der Waals surface area contributed by atoms with Gasteiger partial charge in [-0.2, -0.15) is 0 Å². The van der Waals surface area contributed by atoms with Crippen LogP contribution in [0.5, 0.6) is 0 Å². The Hall–Kier alpha value is -0.570. The Morgan fingerprint density at radius 2 is 2.07 bits per heavy atom. The molecule has 1 amide bonds. The van der Waals surface area contributed by atoms with Gasteiger partial charge in [0.2, 0.25) is 6.41 Å². The quantitative estimate of drug-likeness (QED) is 0.671. The van der Waals surface area contributed by atoms with E-state index in [0.29, 0.717) is 5.41 Å². The second-order valence-corrected chi connectivity index (χ2v) is 5.82. The van der Waals surface area contributed by atoms with Gasteiger partial charge in [-0.25, -0.2) is 0 Å². The predicted octanol–water partition coefficient (Wildman–Crippen LogP) is 1.28. The lowest BCUT2D eigenvalue weighted by molar-refractivity contribution is -0.110. The third-order valence-corrected chi connectivity index (χ3v) is 3.09. The third-order valence-electron chi connectivity index (χ3n) is 3.09. The van der Waals surface area contributed by atoms with Crippen LogP contribution in [0.25, 0.3) is 0 Å². The van der Waals surface area contributed by atoms with Crippen LogP contribution in [-0.4, -0.2) is 19.0 Å². The van der Waals surface area contributed by atoms with Gasteiger partial charge in [0.1, 0.15) is 0 Å². The molecule has 1 fully saturated rings. The second-order valence-electron chi connectivity index (χ2n) is 5.82. The van der Waals surface area contributed by atoms with E-state index in [2.05, 4.69) is 26.1 Å². The highest BCUT2D eigenvalue weighted by Gasteiger charge is 2.39. The Labute approximate surface area is 86.4 Å². The van der Waals surface area contributed by atoms with Crippen LogP contribution in [0.2, 0.25) is 0 Å². The first kappa shape index (κ1) is 11.5. The summed E-state index contributed by atoms with van der Waals surface area (Å²) in [5.74, 6) is 0. The topological polar surface area (TPSA) is 55.1 Å². The fourth-order valence-corrected chi connectivity index (χ4v) is 3.14. The van der Waals surface area contributed by atoms with Crippen molar-refractivity contribution in [2.45, 2.75) is 46.1 Å². The van der Waals surface area contributed by atoms with E-state index in [4.69, 9.17) is 5.73 Å². The molecule has 0 aromatic carbocycles. The molecule has 3 N–H and O–H groups in total. The highest BCUT2D eigenvalue weighted by molar-refractivity contribution is 5.45. The Balaban J connectivity index is 2.63. The van der Waals surface area contributed by atoms with E-state index in [1.165, 1.54) is 0 Å². The average molecular weight is 198 g/mol. The molecular weight excluding hydrogens is 176 g/mol. The minimum absolute atomic E-state index is 0.169. The summed E-state index contributed by atoms with van der Waals surface area (Å²) in [6, 6.07) is 0.275. The van der Waals surface area contributed by atoms with Gasteiger partial charge in [-0.3, -0.25) is 4.79 Å². The summed E-state index contributed by atoms with van der Waals surface area (Å²) in [4.78, 5) is 10.3. The van der Waals surface area contributed by atoms with Crippen molar-refractivity contribution in [3.8, 4) is 0 Å². The summed E-state index contributed by atoms with van der Waals surface area (Å²) in [7, 11) is 0. The lowest BCUT2D eigenvalue weighted by Gasteiger charge is -2.45. The minimum Gasteiger partial charge on any atom is -0.358 e. The number of hydrogen-bond donors (Lipinski definition) is 2. The Morgan fingerprint density at radius 3 is 2.57 bits per heavy atom. The van der Waals surface area contributed by atoms with Crippen molar-refractivity contribution in [3.63, 3.8) is 0 Å². The maximum absolute atomic E-state index is 10.3. The van der Waals surface area contributed by atoms with Gasteiger partial charge in [0.05, 0.1) is 0 Å². The molecule has 0 radical (unpaired) electrons. The van der Waals surface area contributed by atoms with E-state index in [0.717, 1.165) is 32.2 Å². The third kappa shape index (κ3) is 2.98. The van der Waals surface area contributed by atoms with E-state index in [-0.39, 0.29) is 11.5 Å². The largest absolute Gasteiger partial charge is 0.358 e. The molecule has 0 aromatic rings. The van der Waals surface area contributed by atoms with Crippen LogP contribution in [0.4, 0.5) is 0 Å². The van der Waals surface area contributed by atoms with E-state index >= 15 is 0 Å². The molecule has 2 atom stereocenters. The van der Waals surface area contributed by atoms with Gasteiger partial charge in [0.15, 0.2) is 0 Å². The van der Waals surface area contributed by atoms with Crippen molar-refractivity contribution in [1.82, 2.24) is 5.32 Å². The molecule has 1 saturated carbocycles. The second kappa shape index (κ2) is 3.89. The van der Waals surface area contributed by atoms with Crippen LogP contribution < -0.4 is 11.1 Å². The van der Waals surface area contributed by atoms with Crippen molar-refractivity contribution in [2.24, 2.45) is 16.6 Å². The molecule has 0 saturated heterocycles. The number of carbonyl (C=O) groups is 1. The Kier molecular flexibility index (Phi) is 3.20. The fraction of sp³-hybridized carbons (Fsp3) is 0.909. The van der Waals surface area contributed by atoms with Crippen molar-refractivity contribution < 1.29 is 4.79 Å². The lowest BCUT2D eigenvalue weighted by Crippen LogP contribution is -2.46. The highest BCUT2D eigenvalue weighted by Crippen LogP contribution is 2.44. The van der Waals surface area contributed by atoms with Gasteiger partial charge >= 0.3 is 0 Å². The number of carbonyl (C=O) groups excluding carboxylic acids is 1. The first-order chi connectivity index (χ1) is 6.37. The maximum Gasteiger partial charge on any atom is 0.207 e. The van der Waals surface area contributed by atoms with Crippen LogP contribution in [0.15, 0.2) is 0 Å². The van der Waals surface area contributed by atoms with E-state index < -0.39 is 0 Å². The van der Waals surface area contributed by atoms with Crippen LogP contribution in [-0.2, 0) is 4.79 Å². The summed E-state index contributed by atoms with van der Waals surface area (Å²) < 4.78 is 0. The zero-order valence-electron chi connectivity index (χ0n) is 9.47. The highest BCUT2D eigenvalue weighted by atomic mass is 16.1. The van der Waals surface area contributed by atoms with Crippen molar-refractivity contribution >= 4 is 6.41 Å². The van der Waals surface area contributed by atoms with Crippen LogP contribution in [0.3, 0.4) is 0 Å². The molecule has 1 aliphatic carbocycles. The first-order valence-electron chi connectivity index (χ1n) is 5.30. The number of hydrogen-bond acceptors (Lipinski definition) is 2. The van der Waals surface area contributed by atoms with Gasteiger partial charge in [0.25, 0.3) is 0 Å². The number of nitrogens with one attached hydrogen (secondary N) is 1. The zero-order valence-corrected chi connectivity index (χ0v) is 9.47. The van der Waals surface area contributed by atoms with E-state index in [9.17, 15) is 4.79 Å². The molecule has 3 nitrogen and oxygen atoms in total.